The molecular formula is C12H22N2O5. The number of rotatable bonds is 8. The maximum atomic E-state index is 11.5. The number of urea groups is 1. The van der Waals surface area contributed by atoms with Crippen LogP contribution in [0.25, 0.3) is 0 Å². The van der Waals surface area contributed by atoms with Gasteiger partial charge in [0.15, 0.2) is 0 Å². The molecule has 0 spiro atoms. The molecule has 0 heterocycles. The van der Waals surface area contributed by atoms with Crippen molar-refractivity contribution in [2.24, 2.45) is 0 Å². The van der Waals surface area contributed by atoms with Gasteiger partial charge in [-0.25, -0.2) is 4.79 Å². The molecule has 0 fully saturated rings. The topological polar surface area (TPSA) is 95.9 Å². The third kappa shape index (κ3) is 9.87. The van der Waals surface area contributed by atoms with E-state index in [1.807, 2.05) is 0 Å². The first-order valence-electron chi connectivity index (χ1n) is 6.23. The van der Waals surface area contributed by atoms with Gasteiger partial charge in [-0.05, 0) is 20.3 Å². The van der Waals surface area contributed by atoms with Crippen LogP contribution in [0.3, 0.4) is 0 Å². The summed E-state index contributed by atoms with van der Waals surface area (Å²) in [6, 6.07) is -0.349. The van der Waals surface area contributed by atoms with Crippen molar-refractivity contribution in [3.8, 4) is 0 Å². The Kier molecular flexibility index (Phi) is 8.32. The summed E-state index contributed by atoms with van der Waals surface area (Å²) in [5.41, 5.74) is 0. The number of carboxylic acid groups (broad SMARTS) is 1. The molecule has 0 atom stereocenters. The molecule has 7 nitrogen and oxygen atoms in total. The van der Waals surface area contributed by atoms with Crippen molar-refractivity contribution < 1.29 is 24.2 Å². The molecule has 2 N–H and O–H groups in total. The highest BCUT2D eigenvalue weighted by Gasteiger charge is 2.10. The van der Waals surface area contributed by atoms with Gasteiger partial charge in [0.1, 0.15) is 0 Å². The SMILES string of the molecule is CC(C)OC(=O)CCCNC(=O)N(C)CCC(=O)O. The third-order valence-corrected chi connectivity index (χ3v) is 2.21. The summed E-state index contributed by atoms with van der Waals surface area (Å²) >= 11 is 0. The molecule has 0 unspecified atom stereocenters. The first-order valence-corrected chi connectivity index (χ1v) is 6.23. The standard InChI is InChI=1S/C12H22N2O5/c1-9(2)19-11(17)5-4-7-13-12(18)14(3)8-6-10(15)16/h9H,4-8H2,1-3H3,(H,13,18)(H,15,16). The molecule has 0 saturated heterocycles. The summed E-state index contributed by atoms with van der Waals surface area (Å²) in [4.78, 5) is 34.3. The molecule has 0 aliphatic carbocycles. The van der Waals surface area contributed by atoms with E-state index in [4.69, 9.17) is 9.84 Å². The van der Waals surface area contributed by atoms with Gasteiger partial charge in [0, 0.05) is 26.6 Å². The molecule has 0 aromatic rings. The van der Waals surface area contributed by atoms with E-state index in [2.05, 4.69) is 5.32 Å². The van der Waals surface area contributed by atoms with E-state index in [0.29, 0.717) is 13.0 Å². The highest BCUT2D eigenvalue weighted by molar-refractivity contribution is 5.75. The lowest BCUT2D eigenvalue weighted by Gasteiger charge is -2.16. The smallest absolute Gasteiger partial charge is 0.317 e. The average Bonchev–Trinajstić information content (AvgIpc) is 2.30. The van der Waals surface area contributed by atoms with Crippen molar-refractivity contribution in [1.82, 2.24) is 10.2 Å². The highest BCUT2D eigenvalue weighted by Crippen LogP contribution is 1.96. The highest BCUT2D eigenvalue weighted by atomic mass is 16.5. The number of nitrogens with zero attached hydrogens (tertiary/aromatic N) is 1. The molecule has 0 bridgehead atoms. The van der Waals surface area contributed by atoms with Crippen LogP contribution in [0.4, 0.5) is 4.79 Å². The van der Waals surface area contributed by atoms with Crippen molar-refractivity contribution >= 4 is 18.0 Å². The Morgan fingerprint density at radius 1 is 1.26 bits per heavy atom. The third-order valence-electron chi connectivity index (χ3n) is 2.21. The zero-order valence-electron chi connectivity index (χ0n) is 11.6. The van der Waals surface area contributed by atoms with Gasteiger partial charge < -0.3 is 20.1 Å². The molecule has 110 valence electrons. The Bertz CT molecular complexity index is 317. The molecule has 0 rings (SSSR count). The van der Waals surface area contributed by atoms with Crippen LogP contribution in [0, 0.1) is 0 Å². The van der Waals surface area contributed by atoms with Gasteiger partial charge in [0.05, 0.1) is 12.5 Å². The molecule has 0 radical (unpaired) electrons. The second kappa shape index (κ2) is 9.18. The second-order valence-electron chi connectivity index (χ2n) is 4.44. The van der Waals surface area contributed by atoms with E-state index in [-0.39, 0.29) is 37.5 Å². The van der Waals surface area contributed by atoms with Crippen LogP contribution in [0.2, 0.25) is 0 Å². The first kappa shape index (κ1) is 17.2. The zero-order valence-corrected chi connectivity index (χ0v) is 11.6. The number of hydrogen-bond donors (Lipinski definition) is 2. The van der Waals surface area contributed by atoms with E-state index < -0.39 is 5.97 Å². The predicted molar refractivity (Wildman–Crippen MR) is 68.7 cm³/mol. The second-order valence-corrected chi connectivity index (χ2v) is 4.44. The molecule has 0 aliphatic rings. The minimum Gasteiger partial charge on any atom is -0.481 e. The van der Waals surface area contributed by atoms with E-state index in [1.165, 1.54) is 11.9 Å². The van der Waals surface area contributed by atoms with E-state index in [1.54, 1.807) is 13.8 Å². The fourth-order valence-corrected chi connectivity index (χ4v) is 1.25. The summed E-state index contributed by atoms with van der Waals surface area (Å²) < 4.78 is 4.94. The van der Waals surface area contributed by atoms with Crippen molar-refractivity contribution in [3.63, 3.8) is 0 Å². The van der Waals surface area contributed by atoms with Crippen LogP contribution in [-0.2, 0) is 14.3 Å². The fraction of sp³-hybridized carbons (Fsp3) is 0.750. The van der Waals surface area contributed by atoms with E-state index >= 15 is 0 Å². The van der Waals surface area contributed by atoms with Crippen molar-refractivity contribution in [1.29, 1.82) is 0 Å². The molecule has 0 saturated carbocycles. The summed E-state index contributed by atoms with van der Waals surface area (Å²) in [6.45, 7) is 4.05. The summed E-state index contributed by atoms with van der Waals surface area (Å²) in [5, 5.41) is 11.1. The number of amides is 2. The quantitative estimate of drug-likeness (QED) is 0.505. The van der Waals surface area contributed by atoms with Crippen LogP contribution in [0.1, 0.15) is 33.1 Å². The molecule has 0 aromatic heterocycles. The van der Waals surface area contributed by atoms with Gasteiger partial charge in [-0.3, -0.25) is 9.59 Å². The number of aliphatic carboxylic acids is 1. The van der Waals surface area contributed by atoms with E-state index in [9.17, 15) is 14.4 Å². The lowest BCUT2D eigenvalue weighted by molar-refractivity contribution is -0.147. The number of carboxylic acids is 1. The van der Waals surface area contributed by atoms with Crippen molar-refractivity contribution in [2.45, 2.75) is 39.2 Å². The molecule has 0 aromatic carbocycles. The summed E-state index contributed by atoms with van der Waals surface area (Å²) in [6.07, 6.45) is 0.510. The minimum atomic E-state index is -0.948. The maximum absolute atomic E-state index is 11.5. The minimum absolute atomic E-state index is 0.0926. The van der Waals surface area contributed by atoms with Gasteiger partial charge in [-0.2, -0.15) is 0 Å². The lowest BCUT2D eigenvalue weighted by atomic mass is 10.3. The monoisotopic (exact) mass is 274 g/mol. The number of carbonyl (C=O) groups is 3. The Labute approximate surface area is 112 Å². The van der Waals surface area contributed by atoms with Crippen molar-refractivity contribution in [3.05, 3.63) is 0 Å². The Morgan fingerprint density at radius 3 is 2.42 bits per heavy atom. The van der Waals surface area contributed by atoms with Gasteiger partial charge in [0.2, 0.25) is 0 Å². The van der Waals surface area contributed by atoms with Gasteiger partial charge in [-0.15, -0.1) is 0 Å². The number of hydrogen-bond acceptors (Lipinski definition) is 4. The van der Waals surface area contributed by atoms with Crippen LogP contribution >= 0.6 is 0 Å². The molecule has 0 aliphatic heterocycles. The van der Waals surface area contributed by atoms with Crippen LogP contribution in [-0.4, -0.2) is 54.2 Å². The average molecular weight is 274 g/mol. The summed E-state index contributed by atoms with van der Waals surface area (Å²) in [7, 11) is 1.52. The van der Waals surface area contributed by atoms with Gasteiger partial charge >= 0.3 is 18.0 Å². The van der Waals surface area contributed by atoms with Crippen molar-refractivity contribution in [2.75, 3.05) is 20.1 Å². The number of nitrogens with one attached hydrogen (secondary N) is 1. The van der Waals surface area contributed by atoms with Gasteiger partial charge in [0.25, 0.3) is 0 Å². The van der Waals surface area contributed by atoms with E-state index in [0.717, 1.165) is 0 Å². The number of esters is 1. The molecule has 7 heteroatoms. The largest absolute Gasteiger partial charge is 0.481 e. The van der Waals surface area contributed by atoms with Gasteiger partial charge in [-0.1, -0.05) is 0 Å². The lowest BCUT2D eigenvalue weighted by Crippen LogP contribution is -2.38. The molecular weight excluding hydrogens is 252 g/mol. The molecule has 2 amide bonds. The van der Waals surface area contributed by atoms with Crippen LogP contribution in [0.15, 0.2) is 0 Å². The zero-order chi connectivity index (χ0) is 14.8. The molecule has 19 heavy (non-hydrogen) atoms. The number of ether oxygens (including phenoxy) is 1. The Hall–Kier alpha value is -1.79. The first-order chi connectivity index (χ1) is 8.82. The fourth-order valence-electron chi connectivity index (χ4n) is 1.25. The van der Waals surface area contributed by atoms with Crippen LogP contribution < -0.4 is 5.32 Å². The Morgan fingerprint density at radius 2 is 1.89 bits per heavy atom. The summed E-state index contributed by atoms with van der Waals surface area (Å²) in [5.74, 6) is -1.24. The Balaban J connectivity index is 3.68. The predicted octanol–water partition coefficient (Wildman–Crippen LogP) is 0.834. The number of carbonyl (C=O) groups excluding carboxylic acids is 2. The van der Waals surface area contributed by atoms with Crippen LogP contribution in [0.5, 0.6) is 0 Å². The normalized spacial score (nSPS) is 10.1. The maximum Gasteiger partial charge on any atom is 0.317 e.